The molecule has 1 aromatic rings. The van der Waals surface area contributed by atoms with Gasteiger partial charge in [-0.2, -0.15) is 0 Å². The van der Waals surface area contributed by atoms with Crippen LogP contribution in [0.3, 0.4) is 0 Å². The molecule has 0 spiro atoms. The van der Waals surface area contributed by atoms with E-state index in [4.69, 9.17) is 4.74 Å². The Bertz CT molecular complexity index is 705. The van der Waals surface area contributed by atoms with E-state index in [2.05, 4.69) is 45.6 Å². The predicted octanol–water partition coefficient (Wildman–Crippen LogP) is 1.80. The molecule has 0 unspecified atom stereocenters. The molecule has 144 valence electrons. The summed E-state index contributed by atoms with van der Waals surface area (Å²) in [5.41, 5.74) is 2.72. The maximum absolute atomic E-state index is 11.0. The molecule has 1 aromatic carbocycles. The second kappa shape index (κ2) is 10.3. The molecule has 7 heteroatoms. The molecular weight excluding hydrogens is 350 g/mol. The van der Waals surface area contributed by atoms with Crippen LogP contribution in [0.15, 0.2) is 40.9 Å². The fourth-order valence-electron chi connectivity index (χ4n) is 2.81. The minimum absolute atomic E-state index is 0.0599. The zero-order chi connectivity index (χ0) is 18.8. The minimum atomic E-state index is -2.96. The number of hydrogen-bond acceptors (Lipinski definition) is 4. The first-order valence-electron chi connectivity index (χ1n) is 8.93. The van der Waals surface area contributed by atoms with Crippen molar-refractivity contribution in [2.24, 2.45) is 4.99 Å². The quantitative estimate of drug-likeness (QED) is 0.444. The van der Waals surface area contributed by atoms with E-state index in [1.54, 1.807) is 7.05 Å². The molecule has 1 N–H and O–H groups in total. The van der Waals surface area contributed by atoms with Crippen LogP contribution in [0, 0.1) is 0 Å². The van der Waals surface area contributed by atoms with Gasteiger partial charge in [0.2, 0.25) is 0 Å². The van der Waals surface area contributed by atoms with Crippen molar-refractivity contribution in [3.63, 3.8) is 0 Å². The summed E-state index contributed by atoms with van der Waals surface area (Å²) in [5.74, 6) is 0.931. The second-order valence-corrected chi connectivity index (χ2v) is 8.68. The zero-order valence-electron chi connectivity index (χ0n) is 15.6. The Labute approximate surface area is 156 Å². The highest BCUT2D eigenvalue weighted by Gasteiger charge is 2.16. The van der Waals surface area contributed by atoms with E-state index in [1.807, 2.05) is 6.07 Å². The third-order valence-electron chi connectivity index (χ3n) is 4.22. The molecule has 0 radical (unpaired) electrons. The van der Waals surface area contributed by atoms with Crippen LogP contribution in [0.4, 0.5) is 0 Å². The summed E-state index contributed by atoms with van der Waals surface area (Å²) in [5, 5.41) is 3.28. The number of rotatable bonds is 7. The van der Waals surface area contributed by atoms with Crippen LogP contribution in [-0.2, 0) is 14.6 Å². The zero-order valence-corrected chi connectivity index (χ0v) is 16.5. The van der Waals surface area contributed by atoms with E-state index < -0.39 is 9.84 Å². The molecule has 0 amide bonds. The van der Waals surface area contributed by atoms with Crippen LogP contribution in [0.5, 0.6) is 0 Å². The van der Waals surface area contributed by atoms with Gasteiger partial charge in [-0.15, -0.1) is 0 Å². The fraction of sp³-hybridized carbons (Fsp3) is 0.526. The van der Waals surface area contributed by atoms with E-state index >= 15 is 0 Å². The van der Waals surface area contributed by atoms with Crippen molar-refractivity contribution in [1.82, 2.24) is 10.2 Å². The number of benzene rings is 1. The van der Waals surface area contributed by atoms with Crippen molar-refractivity contribution in [2.75, 3.05) is 51.9 Å². The van der Waals surface area contributed by atoms with E-state index in [1.165, 1.54) is 17.4 Å². The number of nitrogens with zero attached hydrogens (tertiary/aromatic N) is 2. The number of nitrogens with one attached hydrogen (secondary N) is 1. The summed E-state index contributed by atoms with van der Waals surface area (Å²) in [4.78, 5) is 6.59. The Hall–Kier alpha value is -1.86. The number of sulfone groups is 1. The Kier molecular flexibility index (Phi) is 8.12. The van der Waals surface area contributed by atoms with Crippen LogP contribution in [0.1, 0.15) is 18.4 Å². The number of aliphatic imine (C=N–C) groups is 1. The summed E-state index contributed by atoms with van der Waals surface area (Å²) in [6, 6.07) is 10.4. The van der Waals surface area contributed by atoms with Gasteiger partial charge < -0.3 is 15.0 Å². The highest BCUT2D eigenvalue weighted by Crippen LogP contribution is 2.19. The Balaban J connectivity index is 1.70. The highest BCUT2D eigenvalue weighted by atomic mass is 32.2. The van der Waals surface area contributed by atoms with Crippen LogP contribution in [0.2, 0.25) is 0 Å². The Morgan fingerprint density at radius 3 is 2.54 bits per heavy atom. The fourth-order valence-corrected chi connectivity index (χ4v) is 3.24. The monoisotopic (exact) mass is 379 g/mol. The van der Waals surface area contributed by atoms with Gasteiger partial charge in [0.25, 0.3) is 0 Å². The largest absolute Gasteiger partial charge is 0.379 e. The van der Waals surface area contributed by atoms with Crippen LogP contribution in [-0.4, -0.2) is 71.2 Å². The lowest BCUT2D eigenvalue weighted by Crippen LogP contribution is -2.45. The molecule has 6 nitrogen and oxygen atoms in total. The standard InChI is InChI=1S/C19H29N3O3S/c1-20-19(21-10-13-25-14-15-26(2,23)24)22-11-8-18(9-12-22)16-17-6-4-3-5-7-17/h3-7,16H,8-15H2,1-2H3,(H,20,21). The van der Waals surface area contributed by atoms with E-state index in [9.17, 15) is 8.42 Å². The average Bonchev–Trinajstić information content (AvgIpc) is 2.62. The first-order valence-corrected chi connectivity index (χ1v) is 11.0. The molecule has 0 aromatic heterocycles. The number of piperidine rings is 1. The molecule has 26 heavy (non-hydrogen) atoms. The van der Waals surface area contributed by atoms with Crippen molar-refractivity contribution >= 4 is 21.9 Å². The van der Waals surface area contributed by atoms with Gasteiger partial charge in [0.05, 0.1) is 19.0 Å². The molecule has 1 aliphatic rings. The maximum Gasteiger partial charge on any atom is 0.193 e. The summed E-state index contributed by atoms with van der Waals surface area (Å²) < 4.78 is 27.4. The first-order chi connectivity index (χ1) is 12.5. The summed E-state index contributed by atoms with van der Waals surface area (Å²) in [7, 11) is -1.18. The summed E-state index contributed by atoms with van der Waals surface area (Å²) >= 11 is 0. The predicted molar refractivity (Wildman–Crippen MR) is 107 cm³/mol. The van der Waals surface area contributed by atoms with Crippen molar-refractivity contribution in [2.45, 2.75) is 12.8 Å². The Morgan fingerprint density at radius 2 is 1.92 bits per heavy atom. The number of hydrogen-bond donors (Lipinski definition) is 1. The van der Waals surface area contributed by atoms with Crippen molar-refractivity contribution in [3.05, 3.63) is 41.5 Å². The van der Waals surface area contributed by atoms with E-state index in [0.29, 0.717) is 13.2 Å². The van der Waals surface area contributed by atoms with Gasteiger partial charge in [-0.05, 0) is 18.4 Å². The summed E-state index contributed by atoms with van der Waals surface area (Å²) in [6.45, 7) is 3.18. The molecule has 0 bridgehead atoms. The van der Waals surface area contributed by atoms with Crippen molar-refractivity contribution < 1.29 is 13.2 Å². The van der Waals surface area contributed by atoms with E-state index in [-0.39, 0.29) is 12.4 Å². The van der Waals surface area contributed by atoms with Crippen molar-refractivity contribution in [3.8, 4) is 0 Å². The molecule has 0 aliphatic carbocycles. The van der Waals surface area contributed by atoms with Crippen LogP contribution < -0.4 is 5.32 Å². The van der Waals surface area contributed by atoms with E-state index in [0.717, 1.165) is 31.9 Å². The average molecular weight is 380 g/mol. The molecule has 1 heterocycles. The second-order valence-electron chi connectivity index (χ2n) is 6.42. The number of guanidine groups is 1. The smallest absolute Gasteiger partial charge is 0.193 e. The van der Waals surface area contributed by atoms with Gasteiger partial charge in [0.1, 0.15) is 9.84 Å². The molecule has 1 fully saturated rings. The first kappa shape index (κ1) is 20.5. The maximum atomic E-state index is 11.0. The van der Waals surface area contributed by atoms with Gasteiger partial charge in [-0.3, -0.25) is 4.99 Å². The minimum Gasteiger partial charge on any atom is -0.379 e. The third kappa shape index (κ3) is 7.58. The Morgan fingerprint density at radius 1 is 1.23 bits per heavy atom. The van der Waals surface area contributed by atoms with Gasteiger partial charge in [-0.1, -0.05) is 42.0 Å². The highest BCUT2D eigenvalue weighted by molar-refractivity contribution is 7.90. The van der Waals surface area contributed by atoms with Crippen molar-refractivity contribution in [1.29, 1.82) is 0 Å². The molecular formula is C19H29N3O3S. The van der Waals surface area contributed by atoms with Gasteiger partial charge in [0, 0.05) is 32.9 Å². The topological polar surface area (TPSA) is 71.0 Å². The van der Waals surface area contributed by atoms with Gasteiger partial charge >= 0.3 is 0 Å². The van der Waals surface area contributed by atoms with Crippen LogP contribution in [0.25, 0.3) is 6.08 Å². The summed E-state index contributed by atoms with van der Waals surface area (Å²) in [6.07, 6.45) is 5.55. The lowest BCUT2D eigenvalue weighted by molar-refractivity contribution is 0.153. The molecule has 0 atom stereocenters. The normalized spacial score (nSPS) is 15.8. The molecule has 1 aliphatic heterocycles. The van der Waals surface area contributed by atoms with Gasteiger partial charge in [-0.25, -0.2) is 8.42 Å². The number of ether oxygens (including phenoxy) is 1. The van der Waals surface area contributed by atoms with Gasteiger partial charge in [0.15, 0.2) is 5.96 Å². The SMILES string of the molecule is CN=C(NCCOCCS(C)(=O)=O)N1CCC(=Cc2ccccc2)CC1. The van der Waals surface area contributed by atoms with Crippen LogP contribution >= 0.6 is 0 Å². The number of likely N-dealkylation sites (tertiary alicyclic amines) is 1. The molecule has 0 saturated carbocycles. The lowest BCUT2D eigenvalue weighted by Gasteiger charge is -2.31. The third-order valence-corrected chi connectivity index (χ3v) is 5.12. The molecule has 2 rings (SSSR count). The lowest BCUT2D eigenvalue weighted by atomic mass is 10.0. The molecule has 1 saturated heterocycles.